The Morgan fingerprint density at radius 3 is 2.45 bits per heavy atom. The molecule has 2 heterocycles. The standard InChI is InChI=1S/C34H35F4N5O4/c1-4-30(44)42-27-18-40-29(16-28(27)47-3)43-9-7-34(8-10-43)17-20(22-6-5-21(35)15-23(22)34)14-31(45)41-26(33(46)39-2)13-19-11-24(36)32(38)25(37)12-19/h4-6,11-12,15-16,18,20,26H,1,7-10,13-14,17H2,2-3H3,(H,39,46)(H,41,45)(H,42,44)/t20-,26-/m1/s1. The number of hydrogen-bond acceptors (Lipinski definition) is 6. The molecule has 1 aliphatic carbocycles. The number of ether oxygens (including phenoxy) is 1. The number of likely N-dealkylation sites (N-methyl/N-ethyl adjacent to an activating group) is 1. The fourth-order valence-corrected chi connectivity index (χ4v) is 6.72. The van der Waals surface area contributed by atoms with Gasteiger partial charge < -0.3 is 25.6 Å². The van der Waals surface area contributed by atoms with Crippen LogP contribution in [0.3, 0.4) is 0 Å². The first-order valence-electron chi connectivity index (χ1n) is 15.1. The molecule has 248 valence electrons. The maximum Gasteiger partial charge on any atom is 0.247 e. The van der Waals surface area contributed by atoms with Crippen LogP contribution in [0.2, 0.25) is 0 Å². The Morgan fingerprint density at radius 2 is 1.81 bits per heavy atom. The average molecular weight is 654 g/mol. The lowest BCUT2D eigenvalue weighted by molar-refractivity contribution is -0.128. The molecule has 0 bridgehead atoms. The van der Waals surface area contributed by atoms with Crippen LogP contribution in [-0.4, -0.2) is 56.0 Å². The van der Waals surface area contributed by atoms with E-state index in [4.69, 9.17) is 4.74 Å². The number of aromatic nitrogens is 1. The first-order chi connectivity index (χ1) is 22.5. The lowest BCUT2D eigenvalue weighted by Crippen LogP contribution is -2.47. The zero-order valence-electron chi connectivity index (χ0n) is 26.0. The smallest absolute Gasteiger partial charge is 0.247 e. The van der Waals surface area contributed by atoms with E-state index >= 15 is 0 Å². The molecule has 0 radical (unpaired) electrons. The molecule has 2 aromatic carbocycles. The molecule has 3 N–H and O–H groups in total. The predicted octanol–water partition coefficient (Wildman–Crippen LogP) is 4.66. The molecule has 0 unspecified atom stereocenters. The van der Waals surface area contributed by atoms with Crippen LogP contribution in [0.1, 0.15) is 48.3 Å². The van der Waals surface area contributed by atoms with E-state index in [-0.39, 0.29) is 30.1 Å². The molecule has 1 saturated heterocycles. The summed E-state index contributed by atoms with van der Waals surface area (Å²) in [7, 11) is 2.86. The molecule has 1 spiro atoms. The predicted molar refractivity (Wildman–Crippen MR) is 167 cm³/mol. The van der Waals surface area contributed by atoms with Gasteiger partial charge in [0.05, 0.1) is 13.3 Å². The topological polar surface area (TPSA) is 113 Å². The van der Waals surface area contributed by atoms with Crippen LogP contribution >= 0.6 is 0 Å². The summed E-state index contributed by atoms with van der Waals surface area (Å²) in [6, 6.07) is 6.76. The molecule has 1 aliphatic heterocycles. The third-order valence-corrected chi connectivity index (χ3v) is 9.04. The van der Waals surface area contributed by atoms with Gasteiger partial charge >= 0.3 is 0 Å². The van der Waals surface area contributed by atoms with Crippen molar-refractivity contribution < 1.29 is 36.7 Å². The minimum absolute atomic E-state index is 0.000373. The number of fused-ring (bicyclic) bond motifs is 2. The van der Waals surface area contributed by atoms with Crippen molar-refractivity contribution in [1.29, 1.82) is 0 Å². The fourth-order valence-electron chi connectivity index (χ4n) is 6.72. The molecular formula is C34H35F4N5O4. The third kappa shape index (κ3) is 7.08. The fraction of sp³-hybridized carbons (Fsp3) is 0.353. The molecule has 3 amide bonds. The van der Waals surface area contributed by atoms with Gasteiger partial charge in [-0.3, -0.25) is 14.4 Å². The monoisotopic (exact) mass is 653 g/mol. The number of amides is 3. The Hall–Kier alpha value is -4.94. The van der Waals surface area contributed by atoms with Crippen molar-refractivity contribution in [2.75, 3.05) is 37.5 Å². The first kappa shape index (κ1) is 33.4. The van der Waals surface area contributed by atoms with Crippen LogP contribution in [0, 0.1) is 23.3 Å². The second-order valence-corrected chi connectivity index (χ2v) is 11.9. The number of carbonyl (C=O) groups is 3. The maximum absolute atomic E-state index is 14.6. The molecule has 0 saturated carbocycles. The van der Waals surface area contributed by atoms with Crippen LogP contribution < -0.4 is 25.6 Å². The molecule has 2 atom stereocenters. The van der Waals surface area contributed by atoms with Crippen molar-refractivity contribution in [3.05, 3.63) is 95.2 Å². The Labute approximate surface area is 269 Å². The molecule has 47 heavy (non-hydrogen) atoms. The third-order valence-electron chi connectivity index (χ3n) is 9.04. The first-order valence-corrected chi connectivity index (χ1v) is 15.1. The normalized spacial score (nSPS) is 17.1. The highest BCUT2D eigenvalue weighted by Gasteiger charge is 2.46. The molecule has 5 rings (SSSR count). The van der Waals surface area contributed by atoms with E-state index in [1.807, 2.05) is 0 Å². The highest BCUT2D eigenvalue weighted by molar-refractivity contribution is 5.99. The number of pyridine rings is 1. The molecule has 1 aromatic heterocycles. The summed E-state index contributed by atoms with van der Waals surface area (Å²) in [5.41, 5.74) is 1.72. The molecular weight excluding hydrogens is 618 g/mol. The Balaban J connectivity index is 1.30. The summed E-state index contributed by atoms with van der Waals surface area (Å²) in [4.78, 5) is 44.3. The van der Waals surface area contributed by atoms with Crippen molar-refractivity contribution in [2.45, 2.75) is 49.5 Å². The van der Waals surface area contributed by atoms with Gasteiger partial charge in [0.25, 0.3) is 0 Å². The number of piperidine rings is 1. The molecule has 9 nitrogen and oxygen atoms in total. The lowest BCUT2D eigenvalue weighted by Gasteiger charge is -2.41. The summed E-state index contributed by atoms with van der Waals surface area (Å²) in [6.07, 6.45) is 4.30. The Bertz CT molecular complexity index is 1690. The molecule has 3 aromatic rings. The van der Waals surface area contributed by atoms with Crippen LogP contribution in [0.5, 0.6) is 5.75 Å². The number of hydrogen-bond donors (Lipinski definition) is 3. The summed E-state index contributed by atoms with van der Waals surface area (Å²) in [6.45, 7) is 4.63. The van der Waals surface area contributed by atoms with Crippen molar-refractivity contribution in [3.8, 4) is 5.75 Å². The van der Waals surface area contributed by atoms with E-state index < -0.39 is 46.6 Å². The number of halogens is 4. The number of methoxy groups -OCH3 is 1. The number of nitrogens with one attached hydrogen (secondary N) is 3. The average Bonchev–Trinajstić information content (AvgIpc) is 3.34. The zero-order chi connectivity index (χ0) is 33.9. The number of nitrogens with zero attached hydrogens (tertiary/aromatic N) is 2. The maximum atomic E-state index is 14.6. The van der Waals surface area contributed by atoms with Gasteiger partial charge in [-0.15, -0.1) is 0 Å². The quantitative estimate of drug-likeness (QED) is 0.167. The number of anilines is 2. The van der Waals surface area contributed by atoms with Crippen LogP contribution in [0.4, 0.5) is 29.1 Å². The van der Waals surface area contributed by atoms with Gasteiger partial charge in [-0.25, -0.2) is 22.5 Å². The van der Waals surface area contributed by atoms with Gasteiger partial charge in [-0.2, -0.15) is 0 Å². The summed E-state index contributed by atoms with van der Waals surface area (Å²) >= 11 is 0. The second-order valence-electron chi connectivity index (χ2n) is 11.9. The number of rotatable bonds is 10. The minimum atomic E-state index is -1.62. The van der Waals surface area contributed by atoms with Gasteiger partial charge in [0, 0.05) is 39.0 Å². The van der Waals surface area contributed by atoms with Crippen molar-refractivity contribution in [2.24, 2.45) is 0 Å². The summed E-state index contributed by atoms with van der Waals surface area (Å²) in [5, 5.41) is 7.76. The van der Waals surface area contributed by atoms with Gasteiger partial charge in [0.1, 0.15) is 29.1 Å². The highest BCUT2D eigenvalue weighted by Crippen LogP contribution is 2.53. The minimum Gasteiger partial charge on any atom is -0.494 e. The van der Waals surface area contributed by atoms with Crippen LogP contribution in [0.25, 0.3) is 0 Å². The highest BCUT2D eigenvalue weighted by atomic mass is 19.2. The van der Waals surface area contributed by atoms with Gasteiger partial charge in [-0.05, 0) is 77.6 Å². The SMILES string of the molecule is C=CC(=O)Nc1cnc(N2CCC3(CC2)C[C@@H](CC(=O)N[C@H](Cc2cc(F)c(F)c(F)c2)C(=O)NC)c2ccc(F)cc23)cc1OC. The van der Waals surface area contributed by atoms with Crippen LogP contribution in [0.15, 0.2) is 55.3 Å². The van der Waals surface area contributed by atoms with E-state index in [9.17, 15) is 31.9 Å². The van der Waals surface area contributed by atoms with E-state index in [1.165, 1.54) is 32.5 Å². The molecule has 13 heteroatoms. The van der Waals surface area contributed by atoms with Crippen molar-refractivity contribution in [1.82, 2.24) is 15.6 Å². The van der Waals surface area contributed by atoms with Crippen LogP contribution in [-0.2, 0) is 26.2 Å². The van der Waals surface area contributed by atoms with E-state index in [2.05, 4.69) is 32.4 Å². The van der Waals surface area contributed by atoms with Gasteiger partial charge in [0.15, 0.2) is 17.5 Å². The number of benzene rings is 2. The van der Waals surface area contributed by atoms with Gasteiger partial charge in [-0.1, -0.05) is 12.6 Å². The number of carbonyl (C=O) groups excluding carboxylic acids is 3. The molecule has 2 aliphatic rings. The van der Waals surface area contributed by atoms with E-state index in [0.29, 0.717) is 49.6 Å². The Kier molecular flexibility index (Phi) is 9.83. The lowest BCUT2D eigenvalue weighted by atomic mass is 9.73. The molecule has 1 fully saturated rings. The van der Waals surface area contributed by atoms with E-state index in [1.54, 1.807) is 12.1 Å². The van der Waals surface area contributed by atoms with Gasteiger partial charge in [0.2, 0.25) is 17.7 Å². The summed E-state index contributed by atoms with van der Waals surface area (Å²) in [5.74, 6) is -5.39. The summed E-state index contributed by atoms with van der Waals surface area (Å²) < 4.78 is 61.1. The zero-order valence-corrected chi connectivity index (χ0v) is 26.0. The Morgan fingerprint density at radius 1 is 1.11 bits per heavy atom. The van der Waals surface area contributed by atoms with Crippen molar-refractivity contribution in [3.63, 3.8) is 0 Å². The van der Waals surface area contributed by atoms with E-state index in [0.717, 1.165) is 29.3 Å². The second kappa shape index (κ2) is 13.8. The van der Waals surface area contributed by atoms with Crippen molar-refractivity contribution >= 4 is 29.2 Å². The largest absolute Gasteiger partial charge is 0.494 e.